The number of pyridine rings is 1. The second kappa shape index (κ2) is 12.6. The Bertz CT molecular complexity index is 3270. The Labute approximate surface area is 318 Å². The van der Waals surface area contributed by atoms with Gasteiger partial charge < -0.3 is 0 Å². The molecule has 0 saturated carbocycles. The molecule has 0 N–H and O–H groups in total. The first-order valence-electron chi connectivity index (χ1n) is 18.7. The van der Waals surface area contributed by atoms with Crippen molar-refractivity contribution in [3.8, 4) is 50.6 Å². The van der Waals surface area contributed by atoms with Crippen molar-refractivity contribution in [3.05, 3.63) is 200 Å². The molecule has 0 amide bonds. The van der Waals surface area contributed by atoms with Crippen molar-refractivity contribution in [3.63, 3.8) is 0 Å². The number of rotatable bonds is 5. The average molecular weight is 700 g/mol. The van der Waals surface area contributed by atoms with E-state index in [0.29, 0.717) is 0 Å². The number of benzene rings is 9. The third-order valence-electron chi connectivity index (χ3n) is 11.0. The topological polar surface area (TPSA) is 30.7 Å². The first kappa shape index (κ1) is 31.2. The molecule has 0 atom stereocenters. The lowest BCUT2D eigenvalue weighted by Crippen LogP contribution is -1.98. The van der Waals surface area contributed by atoms with Gasteiger partial charge in [0.25, 0.3) is 0 Å². The zero-order valence-corrected chi connectivity index (χ0v) is 29.9. The fourth-order valence-electron chi connectivity index (χ4n) is 8.44. The third kappa shape index (κ3) is 5.20. The Kier molecular flexibility index (Phi) is 7.17. The van der Waals surface area contributed by atoms with E-state index in [4.69, 9.17) is 9.97 Å². The second-order valence-electron chi connectivity index (χ2n) is 14.2. The number of fused-ring (bicyclic) bond motifs is 7. The zero-order valence-electron chi connectivity index (χ0n) is 29.9. The van der Waals surface area contributed by atoms with E-state index >= 15 is 0 Å². The second-order valence-corrected chi connectivity index (χ2v) is 14.2. The normalized spacial score (nSPS) is 11.6. The quantitative estimate of drug-likeness (QED) is 0.167. The van der Waals surface area contributed by atoms with Gasteiger partial charge in [-0.1, -0.05) is 140 Å². The summed E-state index contributed by atoms with van der Waals surface area (Å²) >= 11 is 0. The van der Waals surface area contributed by atoms with Crippen molar-refractivity contribution in [2.75, 3.05) is 0 Å². The van der Waals surface area contributed by atoms with Gasteiger partial charge in [0.15, 0.2) is 0 Å². The van der Waals surface area contributed by atoms with Crippen molar-refractivity contribution < 1.29 is 0 Å². The van der Waals surface area contributed by atoms with Crippen LogP contribution in [0.25, 0.3) is 105 Å². The summed E-state index contributed by atoms with van der Waals surface area (Å²) in [5.74, 6) is 0.929. The molecule has 55 heavy (non-hydrogen) atoms. The van der Waals surface area contributed by atoms with Gasteiger partial charge in [-0.25, -0.2) is 4.98 Å². The fraction of sp³-hybridized carbons (Fsp3) is 0. The monoisotopic (exact) mass is 699 g/mol. The maximum absolute atomic E-state index is 5.12. The van der Waals surface area contributed by atoms with Crippen LogP contribution in [0.15, 0.2) is 200 Å². The van der Waals surface area contributed by atoms with Gasteiger partial charge in [-0.2, -0.15) is 0 Å². The minimum atomic E-state index is 0.929. The van der Waals surface area contributed by atoms with Gasteiger partial charge in [-0.15, -0.1) is 0 Å². The summed E-state index contributed by atoms with van der Waals surface area (Å²) in [5.41, 5.74) is 11.0. The number of hydrogen-bond donors (Lipinski definition) is 0. The first-order valence-corrected chi connectivity index (χ1v) is 18.7. The zero-order chi connectivity index (χ0) is 36.3. The molecular weight excluding hydrogens is 667 g/mol. The summed E-state index contributed by atoms with van der Waals surface area (Å²) < 4.78 is 2.29. The van der Waals surface area contributed by atoms with Crippen LogP contribution in [-0.4, -0.2) is 14.5 Å². The summed E-state index contributed by atoms with van der Waals surface area (Å²) in [6.07, 6.45) is 1.94. The van der Waals surface area contributed by atoms with E-state index in [1.165, 1.54) is 54.2 Å². The molecule has 2 aromatic heterocycles. The minimum Gasteiger partial charge on any atom is -0.292 e. The van der Waals surface area contributed by atoms with Crippen LogP contribution >= 0.6 is 0 Å². The molecule has 3 heteroatoms. The van der Waals surface area contributed by atoms with E-state index in [9.17, 15) is 0 Å². The average Bonchev–Trinajstić information content (AvgIpc) is 3.66. The Morgan fingerprint density at radius 3 is 1.80 bits per heavy atom. The lowest BCUT2D eigenvalue weighted by molar-refractivity contribution is 1.10. The van der Waals surface area contributed by atoms with E-state index in [0.717, 1.165) is 50.5 Å². The number of para-hydroxylation sites is 2. The van der Waals surface area contributed by atoms with Crippen LogP contribution in [0, 0.1) is 0 Å². The van der Waals surface area contributed by atoms with Crippen molar-refractivity contribution in [1.82, 2.24) is 14.5 Å². The summed E-state index contributed by atoms with van der Waals surface area (Å²) in [4.78, 5) is 9.96. The van der Waals surface area contributed by atoms with Crippen molar-refractivity contribution >= 4 is 54.1 Å². The van der Waals surface area contributed by atoms with Crippen LogP contribution in [0.5, 0.6) is 0 Å². The van der Waals surface area contributed by atoms with E-state index in [1.807, 2.05) is 6.20 Å². The van der Waals surface area contributed by atoms with E-state index in [-0.39, 0.29) is 0 Å². The Hall–Kier alpha value is -7.36. The van der Waals surface area contributed by atoms with Crippen molar-refractivity contribution in [2.45, 2.75) is 0 Å². The Morgan fingerprint density at radius 1 is 0.382 bits per heavy atom. The lowest BCUT2D eigenvalue weighted by Gasteiger charge is -2.17. The highest BCUT2D eigenvalue weighted by molar-refractivity contribution is 6.25. The molecule has 0 saturated heterocycles. The molecule has 0 fully saturated rings. The molecule has 0 spiro atoms. The standard InChI is InChI=1S/C52H33N3/c1-2-14-35(15-3-1)52-54-48-23-10-11-24-50(48)55(52)41-18-12-17-37(30-41)46-31-40-32-47(43-20-7-9-22-45(43)51(40)44-21-8-6-19-42(44)46)38-27-28-53-49(33-38)39-26-25-34-13-4-5-16-36(34)29-39/h1-33H. The SMILES string of the molecule is c1ccc(-c2nc3ccccc3n2-c2cccc(-c3cc4cc(-c5ccnc(-c6ccc7ccccc7c6)c5)c5ccccc5c4c4ccccc34)c2)cc1. The van der Waals surface area contributed by atoms with Crippen molar-refractivity contribution in [2.24, 2.45) is 0 Å². The molecule has 0 radical (unpaired) electrons. The van der Waals surface area contributed by atoms with Gasteiger partial charge in [0.05, 0.1) is 16.7 Å². The summed E-state index contributed by atoms with van der Waals surface area (Å²) in [7, 11) is 0. The minimum absolute atomic E-state index is 0.929. The molecular formula is C52H33N3. The molecule has 256 valence electrons. The molecule has 9 aromatic carbocycles. The van der Waals surface area contributed by atoms with Gasteiger partial charge >= 0.3 is 0 Å². The number of nitrogens with zero attached hydrogens (tertiary/aromatic N) is 3. The van der Waals surface area contributed by atoms with Gasteiger partial charge in [-0.05, 0) is 120 Å². The van der Waals surface area contributed by atoms with Gasteiger partial charge in [0.1, 0.15) is 5.82 Å². The molecule has 0 aliphatic carbocycles. The van der Waals surface area contributed by atoms with Crippen LogP contribution in [-0.2, 0) is 0 Å². The maximum atomic E-state index is 5.12. The Balaban J connectivity index is 1.12. The highest BCUT2D eigenvalue weighted by Gasteiger charge is 2.18. The van der Waals surface area contributed by atoms with Crippen LogP contribution in [0.4, 0.5) is 0 Å². The van der Waals surface area contributed by atoms with Crippen LogP contribution in [0.1, 0.15) is 0 Å². The third-order valence-corrected chi connectivity index (χ3v) is 11.0. The van der Waals surface area contributed by atoms with Gasteiger partial charge in [-0.3, -0.25) is 9.55 Å². The number of imidazole rings is 1. The molecule has 11 aromatic rings. The van der Waals surface area contributed by atoms with Crippen LogP contribution < -0.4 is 0 Å². The molecule has 0 aliphatic rings. The van der Waals surface area contributed by atoms with Gasteiger partial charge in [0, 0.05) is 23.0 Å². The van der Waals surface area contributed by atoms with Crippen molar-refractivity contribution in [1.29, 1.82) is 0 Å². The predicted octanol–water partition coefficient (Wildman–Crippen LogP) is 13.7. The predicted molar refractivity (Wildman–Crippen MR) is 231 cm³/mol. The number of hydrogen-bond acceptors (Lipinski definition) is 2. The first-order chi connectivity index (χ1) is 27.3. The fourth-order valence-corrected chi connectivity index (χ4v) is 8.44. The molecule has 0 unspecified atom stereocenters. The molecule has 0 bridgehead atoms. The molecule has 2 heterocycles. The molecule has 0 aliphatic heterocycles. The van der Waals surface area contributed by atoms with E-state index in [1.54, 1.807) is 0 Å². The number of aromatic nitrogens is 3. The van der Waals surface area contributed by atoms with E-state index < -0.39 is 0 Å². The summed E-state index contributed by atoms with van der Waals surface area (Å²) in [6.45, 7) is 0. The summed E-state index contributed by atoms with van der Waals surface area (Å²) in [6, 6.07) is 69.7. The van der Waals surface area contributed by atoms with Crippen LogP contribution in [0.2, 0.25) is 0 Å². The lowest BCUT2D eigenvalue weighted by atomic mass is 9.87. The smallest absolute Gasteiger partial charge is 0.145 e. The highest BCUT2D eigenvalue weighted by atomic mass is 15.1. The largest absolute Gasteiger partial charge is 0.292 e. The molecule has 3 nitrogen and oxygen atoms in total. The van der Waals surface area contributed by atoms with Gasteiger partial charge in [0.2, 0.25) is 0 Å². The highest BCUT2D eigenvalue weighted by Crippen LogP contribution is 2.43. The molecule has 11 rings (SSSR count). The maximum Gasteiger partial charge on any atom is 0.145 e. The Morgan fingerprint density at radius 2 is 1.02 bits per heavy atom. The van der Waals surface area contributed by atoms with Crippen LogP contribution in [0.3, 0.4) is 0 Å². The summed E-state index contributed by atoms with van der Waals surface area (Å²) in [5, 5.41) is 9.86. The van der Waals surface area contributed by atoms with E-state index in [2.05, 4.69) is 199 Å².